The molecule has 2 aromatic rings. The van der Waals surface area contributed by atoms with E-state index in [4.69, 9.17) is 9.47 Å². The van der Waals surface area contributed by atoms with Crippen molar-refractivity contribution in [3.8, 4) is 5.75 Å². The summed E-state index contributed by atoms with van der Waals surface area (Å²) in [4.78, 5) is 8.57. The minimum atomic E-state index is 0. The van der Waals surface area contributed by atoms with Crippen molar-refractivity contribution in [2.24, 2.45) is 4.99 Å². The van der Waals surface area contributed by atoms with Gasteiger partial charge < -0.3 is 24.7 Å². The predicted molar refractivity (Wildman–Crippen MR) is 133 cm³/mol. The maximum absolute atomic E-state index is 5.96. The van der Waals surface area contributed by atoms with Gasteiger partial charge in [0.05, 0.1) is 6.61 Å². The fourth-order valence-electron chi connectivity index (χ4n) is 2.98. The van der Waals surface area contributed by atoms with Gasteiger partial charge in [0.1, 0.15) is 11.6 Å². The molecule has 8 heteroatoms. The van der Waals surface area contributed by atoms with Crippen molar-refractivity contribution >= 4 is 29.9 Å². The summed E-state index contributed by atoms with van der Waals surface area (Å²) in [7, 11) is 3.50. The first kappa shape index (κ1) is 26.2. The molecule has 0 unspecified atom stereocenters. The number of rotatable bonds is 12. The fraction of sp³-hybridized carbons (Fsp3) is 0.545. The van der Waals surface area contributed by atoms with E-state index in [1.807, 2.05) is 19.3 Å². The maximum atomic E-state index is 5.96. The average Bonchev–Trinajstić information content (AvgIpc) is 3.13. The Morgan fingerprint density at radius 1 is 1.13 bits per heavy atom. The van der Waals surface area contributed by atoms with E-state index in [-0.39, 0.29) is 24.0 Å². The second-order valence-electron chi connectivity index (χ2n) is 7.03. The lowest BCUT2D eigenvalue weighted by Crippen LogP contribution is -2.37. The Hall–Kier alpha value is -1.81. The molecule has 168 valence electrons. The Balaban J connectivity index is 0.00000450. The number of unbranched alkanes of at least 4 members (excludes halogenated alkanes) is 1. The molecule has 1 heterocycles. The number of benzene rings is 1. The van der Waals surface area contributed by atoms with Gasteiger partial charge in [-0.1, -0.05) is 12.1 Å². The number of nitrogens with zero attached hydrogens (tertiary/aromatic N) is 3. The van der Waals surface area contributed by atoms with Crippen LogP contribution in [-0.2, 0) is 17.8 Å². The third kappa shape index (κ3) is 9.34. The first-order valence-corrected chi connectivity index (χ1v) is 10.3. The zero-order chi connectivity index (χ0) is 20.9. The highest BCUT2D eigenvalue weighted by atomic mass is 127. The highest BCUT2D eigenvalue weighted by Gasteiger charge is 2.06. The van der Waals surface area contributed by atoms with Crippen molar-refractivity contribution in [1.29, 1.82) is 0 Å². The van der Waals surface area contributed by atoms with Crippen molar-refractivity contribution in [2.75, 3.05) is 33.9 Å². The Kier molecular flexibility index (Phi) is 13.2. The van der Waals surface area contributed by atoms with Crippen molar-refractivity contribution in [3.05, 3.63) is 47.5 Å². The smallest absolute Gasteiger partial charge is 0.191 e. The number of guanidine groups is 1. The van der Waals surface area contributed by atoms with Crippen LogP contribution in [0.5, 0.6) is 5.75 Å². The number of hydrogen-bond acceptors (Lipinski definition) is 4. The zero-order valence-corrected chi connectivity index (χ0v) is 20.9. The highest BCUT2D eigenvalue weighted by Crippen LogP contribution is 2.20. The molecular formula is C22H36IN5O2. The van der Waals surface area contributed by atoms with Crippen LogP contribution in [-0.4, -0.2) is 49.4 Å². The molecular weight excluding hydrogens is 493 g/mol. The Morgan fingerprint density at radius 2 is 1.97 bits per heavy atom. The van der Waals surface area contributed by atoms with E-state index in [0.29, 0.717) is 19.8 Å². The van der Waals surface area contributed by atoms with Crippen LogP contribution >= 0.6 is 24.0 Å². The van der Waals surface area contributed by atoms with Gasteiger partial charge in [-0.2, -0.15) is 0 Å². The van der Waals surface area contributed by atoms with E-state index in [2.05, 4.69) is 50.3 Å². The van der Waals surface area contributed by atoms with Gasteiger partial charge in [-0.05, 0) is 38.3 Å². The van der Waals surface area contributed by atoms with Gasteiger partial charge in [0.15, 0.2) is 5.96 Å². The van der Waals surface area contributed by atoms with Crippen molar-refractivity contribution in [2.45, 2.75) is 46.2 Å². The summed E-state index contributed by atoms with van der Waals surface area (Å²) in [6.07, 6.45) is 6.91. The summed E-state index contributed by atoms with van der Waals surface area (Å²) in [6.45, 7) is 7.99. The molecule has 0 aliphatic heterocycles. The molecule has 0 spiro atoms. The number of hydrogen-bond donors (Lipinski definition) is 2. The second-order valence-corrected chi connectivity index (χ2v) is 7.03. The van der Waals surface area contributed by atoms with Crippen LogP contribution in [0.1, 0.15) is 36.2 Å². The molecule has 0 aliphatic carbocycles. The molecule has 30 heavy (non-hydrogen) atoms. The maximum Gasteiger partial charge on any atom is 0.191 e. The first-order valence-electron chi connectivity index (χ1n) is 10.3. The van der Waals surface area contributed by atoms with Crippen molar-refractivity contribution in [3.63, 3.8) is 0 Å². The largest absolute Gasteiger partial charge is 0.493 e. The van der Waals surface area contributed by atoms with Gasteiger partial charge in [-0.25, -0.2) is 4.98 Å². The van der Waals surface area contributed by atoms with Gasteiger partial charge in [-0.15, -0.1) is 24.0 Å². The van der Waals surface area contributed by atoms with Crippen LogP contribution in [0.3, 0.4) is 0 Å². The van der Waals surface area contributed by atoms with E-state index < -0.39 is 0 Å². The number of nitrogens with one attached hydrogen (secondary N) is 2. The molecule has 1 aromatic carbocycles. The molecule has 0 bridgehead atoms. The van der Waals surface area contributed by atoms with Crippen LogP contribution in [0, 0.1) is 13.8 Å². The van der Waals surface area contributed by atoms with Crippen molar-refractivity contribution < 1.29 is 9.47 Å². The lowest BCUT2D eigenvalue weighted by molar-refractivity contribution is 0.171. The fourth-order valence-corrected chi connectivity index (χ4v) is 2.98. The zero-order valence-electron chi connectivity index (χ0n) is 18.6. The van der Waals surface area contributed by atoms with Gasteiger partial charge in [0.25, 0.3) is 0 Å². The highest BCUT2D eigenvalue weighted by molar-refractivity contribution is 14.0. The molecule has 0 saturated heterocycles. The van der Waals surface area contributed by atoms with Crippen LogP contribution in [0.15, 0.2) is 35.6 Å². The Morgan fingerprint density at radius 3 is 2.67 bits per heavy atom. The van der Waals surface area contributed by atoms with E-state index in [9.17, 15) is 0 Å². The molecule has 0 atom stereocenters. The summed E-state index contributed by atoms with van der Waals surface area (Å²) >= 11 is 0. The summed E-state index contributed by atoms with van der Waals surface area (Å²) in [5, 5.41) is 6.76. The minimum Gasteiger partial charge on any atom is -0.493 e. The van der Waals surface area contributed by atoms with E-state index >= 15 is 0 Å². The summed E-state index contributed by atoms with van der Waals surface area (Å²) in [5.41, 5.74) is 2.30. The molecule has 2 rings (SSSR count). The third-order valence-electron chi connectivity index (χ3n) is 4.68. The van der Waals surface area contributed by atoms with Crippen LogP contribution in [0.2, 0.25) is 0 Å². The van der Waals surface area contributed by atoms with Gasteiger partial charge in [-0.3, -0.25) is 4.99 Å². The predicted octanol–water partition coefficient (Wildman–Crippen LogP) is 3.68. The van der Waals surface area contributed by atoms with Crippen LogP contribution in [0.4, 0.5) is 0 Å². The topological polar surface area (TPSA) is 72.7 Å². The number of aromatic nitrogens is 2. The SMILES string of the molecule is CN=C(NCCCCn1ccnc1C)NCc1ccc(C)cc1OCCCOC.I. The van der Waals surface area contributed by atoms with Gasteiger partial charge >= 0.3 is 0 Å². The second kappa shape index (κ2) is 15.1. The molecule has 1 aromatic heterocycles. The molecule has 2 N–H and O–H groups in total. The standard InChI is InChI=1S/C22H35N5O2.HI/c1-18-8-9-20(21(16-18)29-15-7-14-28-4)17-26-22(23-3)25-10-5-6-12-27-13-11-24-19(27)2;/h8-9,11,13,16H,5-7,10,12,14-15,17H2,1-4H3,(H2,23,25,26);1H. The number of aliphatic imine (C=N–C) groups is 1. The third-order valence-corrected chi connectivity index (χ3v) is 4.68. The van der Waals surface area contributed by atoms with Crippen LogP contribution < -0.4 is 15.4 Å². The summed E-state index contributed by atoms with van der Waals surface area (Å²) in [6, 6.07) is 6.29. The molecule has 0 amide bonds. The number of ether oxygens (including phenoxy) is 2. The van der Waals surface area contributed by atoms with Gasteiger partial charge in [0.2, 0.25) is 0 Å². The number of halogens is 1. The molecule has 0 saturated carbocycles. The minimum absolute atomic E-state index is 0. The number of methoxy groups -OCH3 is 1. The molecule has 0 aliphatic rings. The number of imidazole rings is 1. The average molecular weight is 529 g/mol. The van der Waals surface area contributed by atoms with E-state index in [1.54, 1.807) is 14.2 Å². The summed E-state index contributed by atoms with van der Waals surface area (Å²) < 4.78 is 13.2. The molecule has 0 radical (unpaired) electrons. The monoisotopic (exact) mass is 529 g/mol. The molecule has 7 nitrogen and oxygen atoms in total. The van der Waals surface area contributed by atoms with Gasteiger partial charge in [0, 0.05) is 64.8 Å². The first-order chi connectivity index (χ1) is 14.1. The van der Waals surface area contributed by atoms with Crippen molar-refractivity contribution in [1.82, 2.24) is 20.2 Å². The van der Waals surface area contributed by atoms with Crippen LogP contribution in [0.25, 0.3) is 0 Å². The van der Waals surface area contributed by atoms with E-state index in [1.165, 1.54) is 5.56 Å². The lowest BCUT2D eigenvalue weighted by Gasteiger charge is -2.15. The molecule has 0 fully saturated rings. The normalized spacial score (nSPS) is 11.1. The summed E-state index contributed by atoms with van der Waals surface area (Å²) in [5.74, 6) is 2.78. The Bertz CT molecular complexity index is 764. The quantitative estimate of drug-likeness (QED) is 0.190. The number of aryl methyl sites for hydroxylation is 3. The lowest BCUT2D eigenvalue weighted by atomic mass is 10.1. The van der Waals surface area contributed by atoms with E-state index in [0.717, 1.165) is 55.4 Å². The Labute approximate surface area is 197 Å².